The zero-order chi connectivity index (χ0) is 19.8. The van der Waals surface area contributed by atoms with Crippen molar-refractivity contribution in [2.45, 2.75) is 61.4 Å². The van der Waals surface area contributed by atoms with Crippen LogP contribution >= 0.6 is 11.8 Å². The lowest BCUT2D eigenvalue weighted by atomic mass is 9.85. The Labute approximate surface area is 175 Å². The molecule has 2 atom stereocenters. The number of ether oxygens (including phenoxy) is 1. The Morgan fingerprint density at radius 1 is 1.24 bits per heavy atom. The Kier molecular flexibility index (Phi) is 5.26. The standard InChI is InChI=1S/C21H29N5O2S/c1-29-20-17-5-10-26(19(17)22-14-23-20)18-4-3-16(28-18)13-25-9-2-6-21(25)7-11-24(15-27)12-8-21/h5,10,14-16,18H,2-4,6-9,11-13H2,1H3. The Balaban J connectivity index is 1.26. The minimum atomic E-state index is 0.0533. The maximum Gasteiger partial charge on any atom is 0.209 e. The first kappa shape index (κ1) is 19.3. The van der Waals surface area contributed by atoms with E-state index in [0.29, 0.717) is 0 Å². The Morgan fingerprint density at radius 3 is 2.90 bits per heavy atom. The lowest BCUT2D eigenvalue weighted by Gasteiger charge is -2.45. The normalized spacial score (nSPS) is 27.3. The zero-order valence-corrected chi connectivity index (χ0v) is 17.8. The van der Waals surface area contributed by atoms with Gasteiger partial charge in [-0.1, -0.05) is 0 Å². The van der Waals surface area contributed by atoms with Crippen LogP contribution in [0.2, 0.25) is 0 Å². The molecule has 0 saturated carbocycles. The summed E-state index contributed by atoms with van der Waals surface area (Å²) >= 11 is 1.65. The van der Waals surface area contributed by atoms with Gasteiger partial charge in [-0.25, -0.2) is 9.97 Å². The summed E-state index contributed by atoms with van der Waals surface area (Å²) in [6, 6.07) is 2.11. The number of carbonyl (C=O) groups excluding carboxylic acids is 1. The largest absolute Gasteiger partial charge is 0.353 e. The molecule has 7 nitrogen and oxygen atoms in total. The number of amides is 1. The van der Waals surface area contributed by atoms with Gasteiger partial charge in [-0.3, -0.25) is 9.69 Å². The predicted octanol–water partition coefficient (Wildman–Crippen LogP) is 2.92. The van der Waals surface area contributed by atoms with Crippen LogP contribution in [0.5, 0.6) is 0 Å². The van der Waals surface area contributed by atoms with Crippen molar-refractivity contribution in [1.82, 2.24) is 24.3 Å². The maximum atomic E-state index is 11.1. The molecule has 0 radical (unpaired) electrons. The van der Waals surface area contributed by atoms with Crippen molar-refractivity contribution < 1.29 is 9.53 Å². The van der Waals surface area contributed by atoms with E-state index in [1.807, 2.05) is 11.2 Å². The summed E-state index contributed by atoms with van der Waals surface area (Å²) < 4.78 is 8.69. The first-order valence-corrected chi connectivity index (χ1v) is 11.9. The highest BCUT2D eigenvalue weighted by Gasteiger charge is 2.44. The number of carbonyl (C=O) groups is 1. The number of fused-ring (bicyclic) bond motifs is 1. The van der Waals surface area contributed by atoms with Gasteiger partial charge < -0.3 is 14.2 Å². The second-order valence-electron chi connectivity index (χ2n) is 8.55. The molecule has 3 aliphatic heterocycles. The number of thioether (sulfide) groups is 1. The molecule has 1 amide bonds. The second kappa shape index (κ2) is 7.89. The third-order valence-corrected chi connectivity index (χ3v) is 7.82. The Bertz CT molecular complexity index is 879. The molecule has 0 aromatic carbocycles. The molecule has 3 saturated heterocycles. The molecule has 2 aromatic rings. The summed E-state index contributed by atoms with van der Waals surface area (Å²) in [7, 11) is 0. The van der Waals surface area contributed by atoms with Crippen molar-refractivity contribution in [3.63, 3.8) is 0 Å². The molecule has 0 bridgehead atoms. The Morgan fingerprint density at radius 2 is 2.10 bits per heavy atom. The SMILES string of the molecule is CSc1ncnc2c1ccn2C1CCC(CN2CCCC23CCN(C=O)CC3)O1. The van der Waals surface area contributed by atoms with Gasteiger partial charge in [-0.05, 0) is 57.4 Å². The molecule has 3 fully saturated rings. The number of aromatic nitrogens is 3. The van der Waals surface area contributed by atoms with E-state index < -0.39 is 0 Å². The van der Waals surface area contributed by atoms with Crippen molar-refractivity contribution in [2.75, 3.05) is 32.4 Å². The number of nitrogens with zero attached hydrogens (tertiary/aromatic N) is 5. The van der Waals surface area contributed by atoms with Crippen molar-refractivity contribution in [3.05, 3.63) is 18.6 Å². The fourth-order valence-electron chi connectivity index (χ4n) is 5.51. The van der Waals surface area contributed by atoms with Crippen LogP contribution in [0, 0.1) is 0 Å². The van der Waals surface area contributed by atoms with Crippen LogP contribution < -0.4 is 0 Å². The van der Waals surface area contributed by atoms with E-state index in [1.165, 1.54) is 12.8 Å². The van der Waals surface area contributed by atoms with Crippen molar-refractivity contribution >= 4 is 29.2 Å². The molecule has 1 spiro atoms. The van der Waals surface area contributed by atoms with Gasteiger partial charge in [0.2, 0.25) is 6.41 Å². The molecule has 156 valence electrons. The fraction of sp³-hybridized carbons (Fsp3) is 0.667. The fourth-order valence-corrected chi connectivity index (χ4v) is 6.04. The molecule has 5 heterocycles. The van der Waals surface area contributed by atoms with Gasteiger partial charge in [-0.2, -0.15) is 0 Å². The number of piperidine rings is 1. The quantitative estimate of drug-likeness (QED) is 0.425. The van der Waals surface area contributed by atoms with Gasteiger partial charge in [0.1, 0.15) is 23.2 Å². The van der Waals surface area contributed by atoms with Crippen molar-refractivity contribution in [2.24, 2.45) is 0 Å². The topological polar surface area (TPSA) is 63.5 Å². The van der Waals surface area contributed by atoms with E-state index in [0.717, 1.165) is 74.3 Å². The Hall–Kier alpha value is -1.64. The lowest BCUT2D eigenvalue weighted by Crippen LogP contribution is -2.53. The van der Waals surface area contributed by atoms with Crippen molar-refractivity contribution in [3.8, 4) is 0 Å². The summed E-state index contributed by atoms with van der Waals surface area (Å²) in [4.78, 5) is 24.6. The number of hydrogen-bond acceptors (Lipinski definition) is 6. The highest BCUT2D eigenvalue weighted by atomic mass is 32.2. The van der Waals surface area contributed by atoms with Gasteiger partial charge >= 0.3 is 0 Å². The van der Waals surface area contributed by atoms with E-state index in [4.69, 9.17) is 4.74 Å². The van der Waals surface area contributed by atoms with Crippen molar-refractivity contribution in [1.29, 1.82) is 0 Å². The molecular weight excluding hydrogens is 386 g/mol. The molecule has 29 heavy (non-hydrogen) atoms. The molecule has 2 aromatic heterocycles. The summed E-state index contributed by atoms with van der Waals surface area (Å²) in [5.41, 5.74) is 1.25. The summed E-state index contributed by atoms with van der Waals surface area (Å²) in [6.45, 7) is 3.94. The molecule has 0 aliphatic carbocycles. The number of rotatable bonds is 5. The highest BCUT2D eigenvalue weighted by molar-refractivity contribution is 7.98. The van der Waals surface area contributed by atoms with Gasteiger partial charge in [0, 0.05) is 31.4 Å². The number of hydrogen-bond donors (Lipinski definition) is 0. The molecule has 3 aliphatic rings. The highest BCUT2D eigenvalue weighted by Crippen LogP contribution is 2.40. The van der Waals surface area contributed by atoms with Crippen LogP contribution in [0.3, 0.4) is 0 Å². The first-order chi connectivity index (χ1) is 14.2. The first-order valence-electron chi connectivity index (χ1n) is 10.7. The van der Waals surface area contributed by atoms with E-state index in [-0.39, 0.29) is 17.9 Å². The minimum absolute atomic E-state index is 0.0533. The minimum Gasteiger partial charge on any atom is -0.353 e. The van der Waals surface area contributed by atoms with Gasteiger partial charge in [0.15, 0.2) is 0 Å². The summed E-state index contributed by atoms with van der Waals surface area (Å²) in [5, 5.41) is 2.12. The van der Waals surface area contributed by atoms with E-state index in [9.17, 15) is 4.79 Å². The van der Waals surface area contributed by atoms with Crippen LogP contribution in [-0.4, -0.2) is 74.8 Å². The van der Waals surface area contributed by atoms with E-state index in [1.54, 1.807) is 18.1 Å². The number of likely N-dealkylation sites (tertiary alicyclic amines) is 2. The van der Waals surface area contributed by atoms with Crippen LogP contribution in [0.4, 0.5) is 0 Å². The molecule has 5 rings (SSSR count). The predicted molar refractivity (Wildman–Crippen MR) is 113 cm³/mol. The maximum absolute atomic E-state index is 11.1. The van der Waals surface area contributed by atoms with E-state index >= 15 is 0 Å². The second-order valence-corrected chi connectivity index (χ2v) is 9.34. The molecular formula is C21H29N5O2S. The smallest absolute Gasteiger partial charge is 0.209 e. The monoisotopic (exact) mass is 415 g/mol. The summed E-state index contributed by atoms with van der Waals surface area (Å²) in [5.74, 6) is 0. The zero-order valence-electron chi connectivity index (χ0n) is 17.0. The van der Waals surface area contributed by atoms with Crippen LogP contribution in [0.15, 0.2) is 23.6 Å². The van der Waals surface area contributed by atoms with Crippen LogP contribution in [-0.2, 0) is 9.53 Å². The van der Waals surface area contributed by atoms with Gasteiger partial charge in [0.05, 0.1) is 11.5 Å². The third kappa shape index (κ3) is 3.45. The van der Waals surface area contributed by atoms with Crippen LogP contribution in [0.25, 0.3) is 11.0 Å². The molecule has 8 heteroatoms. The molecule has 2 unspecified atom stereocenters. The van der Waals surface area contributed by atoms with Gasteiger partial charge in [-0.15, -0.1) is 11.8 Å². The lowest BCUT2D eigenvalue weighted by molar-refractivity contribution is -0.120. The van der Waals surface area contributed by atoms with Crippen LogP contribution in [0.1, 0.15) is 44.8 Å². The third-order valence-electron chi connectivity index (χ3n) is 7.10. The van der Waals surface area contributed by atoms with Gasteiger partial charge in [0.25, 0.3) is 0 Å². The average molecular weight is 416 g/mol. The van der Waals surface area contributed by atoms with E-state index in [2.05, 4.69) is 31.7 Å². The molecule has 0 N–H and O–H groups in total. The summed E-state index contributed by atoms with van der Waals surface area (Å²) in [6.07, 6.45) is 13.9. The average Bonchev–Trinajstić information content (AvgIpc) is 3.48.